The summed E-state index contributed by atoms with van der Waals surface area (Å²) in [5.41, 5.74) is 1.09. The summed E-state index contributed by atoms with van der Waals surface area (Å²) < 4.78 is 0. The highest BCUT2D eigenvalue weighted by Crippen LogP contribution is 2.19. The lowest BCUT2D eigenvalue weighted by Crippen LogP contribution is -2.31. The van der Waals surface area contributed by atoms with Crippen molar-refractivity contribution in [3.8, 4) is 0 Å². The van der Waals surface area contributed by atoms with E-state index in [9.17, 15) is 9.59 Å². The van der Waals surface area contributed by atoms with Crippen molar-refractivity contribution in [2.24, 2.45) is 0 Å². The van der Waals surface area contributed by atoms with Gasteiger partial charge in [0.15, 0.2) is 5.78 Å². The molecule has 4 heteroatoms. The summed E-state index contributed by atoms with van der Waals surface area (Å²) in [6, 6.07) is 6.72. The number of fused-ring (bicyclic) bond motifs is 1. The van der Waals surface area contributed by atoms with Gasteiger partial charge >= 0.3 is 0 Å². The maximum Gasteiger partial charge on any atom is 0.209 e. The number of allylic oxidation sites excluding steroid dienone is 2. The molecular formula is C13H13NO3. The van der Waals surface area contributed by atoms with Crippen LogP contribution in [0.5, 0.6) is 0 Å². The minimum absolute atomic E-state index is 0.187. The number of hydrogen-bond acceptors (Lipinski definition) is 4. The normalized spacial score (nSPS) is 16.2. The van der Waals surface area contributed by atoms with Gasteiger partial charge in [0, 0.05) is 23.7 Å². The third-order valence-electron chi connectivity index (χ3n) is 2.55. The summed E-state index contributed by atoms with van der Waals surface area (Å²) in [6.45, 7) is 1.85. The lowest BCUT2D eigenvalue weighted by Gasteiger charge is -2.17. The number of carbonyl (C=O) groups excluding carboxylic acids is 2. The van der Waals surface area contributed by atoms with Crippen LogP contribution in [0.1, 0.15) is 27.6 Å². The zero-order valence-corrected chi connectivity index (χ0v) is 9.43. The van der Waals surface area contributed by atoms with Crippen molar-refractivity contribution in [2.45, 2.75) is 13.0 Å². The number of nitrogens with one attached hydrogen (secondary N) is 1. The first kappa shape index (κ1) is 11.5. The first-order valence-corrected chi connectivity index (χ1v) is 5.41. The molecule has 0 spiro atoms. The lowest BCUT2D eigenvalue weighted by molar-refractivity contribution is 0.0975. The molecule has 0 saturated carbocycles. The van der Waals surface area contributed by atoms with Gasteiger partial charge in [0.25, 0.3) is 0 Å². The van der Waals surface area contributed by atoms with Crippen LogP contribution in [0.2, 0.25) is 0 Å². The summed E-state index contributed by atoms with van der Waals surface area (Å²) in [4.78, 5) is 23.8. The van der Waals surface area contributed by atoms with Crippen molar-refractivity contribution in [2.75, 3.05) is 6.54 Å². The maximum absolute atomic E-state index is 12.0. The highest BCUT2D eigenvalue weighted by atomic mass is 16.3. The SMILES string of the molecule is CC(O)CNC1=CC(=O)c2ccccc2C1=O. The molecular weight excluding hydrogens is 218 g/mol. The van der Waals surface area contributed by atoms with E-state index in [0.29, 0.717) is 11.1 Å². The number of ketones is 2. The molecule has 1 unspecified atom stereocenters. The fraction of sp³-hybridized carbons (Fsp3) is 0.231. The Morgan fingerprint density at radius 2 is 1.88 bits per heavy atom. The molecule has 0 aliphatic heterocycles. The second kappa shape index (κ2) is 4.51. The largest absolute Gasteiger partial charge is 0.392 e. The molecule has 0 fully saturated rings. The van der Waals surface area contributed by atoms with Gasteiger partial charge in [-0.15, -0.1) is 0 Å². The monoisotopic (exact) mass is 231 g/mol. The van der Waals surface area contributed by atoms with Crippen LogP contribution >= 0.6 is 0 Å². The Bertz CT molecular complexity index is 503. The van der Waals surface area contributed by atoms with Gasteiger partial charge in [0.2, 0.25) is 5.78 Å². The van der Waals surface area contributed by atoms with E-state index < -0.39 is 6.10 Å². The van der Waals surface area contributed by atoms with Crippen molar-refractivity contribution >= 4 is 11.6 Å². The van der Waals surface area contributed by atoms with Gasteiger partial charge in [-0.2, -0.15) is 0 Å². The Kier molecular flexibility index (Phi) is 3.06. The number of carbonyl (C=O) groups is 2. The number of Topliss-reactive ketones (excluding diaryl/α,β-unsaturated/α-hetero) is 1. The van der Waals surface area contributed by atoms with Crippen LogP contribution in [0.4, 0.5) is 0 Å². The topological polar surface area (TPSA) is 66.4 Å². The van der Waals surface area contributed by atoms with Crippen LogP contribution in [0.3, 0.4) is 0 Å². The van der Waals surface area contributed by atoms with E-state index in [4.69, 9.17) is 5.11 Å². The molecule has 4 nitrogen and oxygen atoms in total. The highest BCUT2D eigenvalue weighted by Gasteiger charge is 2.24. The molecule has 1 aromatic carbocycles. The molecule has 88 valence electrons. The summed E-state index contributed by atoms with van der Waals surface area (Å²) in [5, 5.41) is 11.9. The van der Waals surface area contributed by atoms with Crippen molar-refractivity contribution in [1.29, 1.82) is 0 Å². The standard InChI is InChI=1S/C13H13NO3/c1-8(15)7-14-11-6-12(16)9-4-2-3-5-10(9)13(11)17/h2-6,8,14-15H,7H2,1H3. The van der Waals surface area contributed by atoms with Gasteiger partial charge in [-0.05, 0) is 6.92 Å². The molecule has 1 aliphatic rings. The fourth-order valence-electron chi connectivity index (χ4n) is 1.70. The van der Waals surface area contributed by atoms with Crippen LogP contribution < -0.4 is 5.32 Å². The van der Waals surface area contributed by atoms with Gasteiger partial charge in [-0.3, -0.25) is 9.59 Å². The summed E-state index contributed by atoms with van der Waals surface area (Å²) in [7, 11) is 0. The molecule has 2 N–H and O–H groups in total. The van der Waals surface area contributed by atoms with E-state index in [1.54, 1.807) is 31.2 Å². The zero-order valence-electron chi connectivity index (χ0n) is 9.43. The van der Waals surface area contributed by atoms with Crippen molar-refractivity contribution in [1.82, 2.24) is 5.32 Å². The minimum Gasteiger partial charge on any atom is -0.392 e. The van der Waals surface area contributed by atoms with Gasteiger partial charge in [0.1, 0.15) is 0 Å². The summed E-state index contributed by atoms with van der Waals surface area (Å²) >= 11 is 0. The van der Waals surface area contributed by atoms with E-state index in [2.05, 4.69) is 5.32 Å². The van der Waals surface area contributed by atoms with Crippen molar-refractivity contribution in [3.63, 3.8) is 0 Å². The van der Waals surface area contributed by atoms with E-state index in [-0.39, 0.29) is 23.8 Å². The first-order chi connectivity index (χ1) is 8.09. The second-order valence-electron chi connectivity index (χ2n) is 4.03. The average Bonchev–Trinajstić information content (AvgIpc) is 2.32. The van der Waals surface area contributed by atoms with E-state index in [1.807, 2.05) is 0 Å². The lowest BCUT2D eigenvalue weighted by atomic mass is 9.93. The van der Waals surface area contributed by atoms with E-state index in [1.165, 1.54) is 6.08 Å². The Hall–Kier alpha value is -1.94. The quantitative estimate of drug-likeness (QED) is 0.811. The van der Waals surface area contributed by atoms with E-state index >= 15 is 0 Å². The maximum atomic E-state index is 12.0. The van der Waals surface area contributed by atoms with Crippen LogP contribution in [0.15, 0.2) is 36.0 Å². The van der Waals surface area contributed by atoms with Crippen LogP contribution in [-0.4, -0.2) is 29.3 Å². The van der Waals surface area contributed by atoms with Crippen molar-refractivity contribution in [3.05, 3.63) is 47.2 Å². The Morgan fingerprint density at radius 3 is 2.53 bits per heavy atom. The molecule has 0 heterocycles. The minimum atomic E-state index is -0.573. The third-order valence-corrected chi connectivity index (χ3v) is 2.55. The Labute approximate surface area is 99.0 Å². The number of hydrogen-bond donors (Lipinski definition) is 2. The molecule has 0 aromatic heterocycles. The second-order valence-corrected chi connectivity index (χ2v) is 4.03. The Morgan fingerprint density at radius 1 is 1.24 bits per heavy atom. The molecule has 0 saturated heterocycles. The van der Waals surface area contributed by atoms with Crippen molar-refractivity contribution < 1.29 is 14.7 Å². The number of rotatable bonds is 3. The molecule has 1 aromatic rings. The van der Waals surface area contributed by atoms with Gasteiger partial charge in [-0.1, -0.05) is 24.3 Å². The van der Waals surface area contributed by atoms with E-state index in [0.717, 1.165) is 0 Å². The fourth-order valence-corrected chi connectivity index (χ4v) is 1.70. The molecule has 1 aliphatic carbocycles. The third kappa shape index (κ3) is 2.26. The predicted octanol–water partition coefficient (Wildman–Crippen LogP) is 0.920. The average molecular weight is 231 g/mol. The van der Waals surface area contributed by atoms with Gasteiger partial charge < -0.3 is 10.4 Å². The summed E-state index contributed by atoms with van der Waals surface area (Å²) in [6.07, 6.45) is 0.712. The molecule has 17 heavy (non-hydrogen) atoms. The molecule has 1 atom stereocenters. The van der Waals surface area contributed by atoms with Crippen LogP contribution in [0, 0.1) is 0 Å². The van der Waals surface area contributed by atoms with Gasteiger partial charge in [0.05, 0.1) is 11.8 Å². The predicted molar refractivity (Wildman–Crippen MR) is 62.9 cm³/mol. The molecule has 0 radical (unpaired) electrons. The van der Waals surface area contributed by atoms with Gasteiger partial charge in [-0.25, -0.2) is 0 Å². The molecule has 0 amide bonds. The first-order valence-electron chi connectivity index (χ1n) is 5.41. The highest BCUT2D eigenvalue weighted by molar-refractivity contribution is 6.24. The summed E-state index contributed by atoms with van der Waals surface area (Å²) in [5.74, 6) is -0.394. The molecule has 0 bridgehead atoms. The molecule has 2 rings (SSSR count). The zero-order chi connectivity index (χ0) is 12.4. The number of benzene rings is 1. The number of aliphatic hydroxyl groups is 1. The van der Waals surface area contributed by atoms with Crippen LogP contribution in [0.25, 0.3) is 0 Å². The Balaban J connectivity index is 2.29. The smallest absolute Gasteiger partial charge is 0.209 e. The number of aliphatic hydroxyl groups excluding tert-OH is 1. The van der Waals surface area contributed by atoms with Crippen LogP contribution in [-0.2, 0) is 0 Å².